The van der Waals surface area contributed by atoms with Crippen molar-refractivity contribution >= 4 is 11.9 Å². The van der Waals surface area contributed by atoms with E-state index in [1.807, 2.05) is 0 Å². The Balaban J connectivity index is 1.78. The lowest BCUT2D eigenvalue weighted by Gasteiger charge is -2.29. The van der Waals surface area contributed by atoms with Crippen LogP contribution in [0.25, 0.3) is 0 Å². The summed E-state index contributed by atoms with van der Waals surface area (Å²) in [7, 11) is 0. The van der Waals surface area contributed by atoms with Crippen LogP contribution in [0.4, 0.5) is 13.2 Å². The lowest BCUT2D eigenvalue weighted by Crippen LogP contribution is -2.37. The van der Waals surface area contributed by atoms with Crippen LogP contribution in [-0.4, -0.2) is 30.7 Å². The maximum Gasteiger partial charge on any atom is 0.392 e. The maximum atomic E-state index is 12.7. The van der Waals surface area contributed by atoms with Gasteiger partial charge in [-0.05, 0) is 38.0 Å². The minimum atomic E-state index is -4.16. The third kappa shape index (κ3) is 3.57. The number of alkyl halides is 3. The van der Waals surface area contributed by atoms with Gasteiger partial charge in [0.2, 0.25) is 5.91 Å². The van der Waals surface area contributed by atoms with Gasteiger partial charge in [0.25, 0.3) is 0 Å². The molecule has 2 aliphatic carbocycles. The number of hydrogen-bond acceptors (Lipinski definition) is 3. The van der Waals surface area contributed by atoms with Crippen molar-refractivity contribution in [2.24, 2.45) is 17.8 Å². The quantitative estimate of drug-likeness (QED) is 0.640. The van der Waals surface area contributed by atoms with Crippen LogP contribution >= 0.6 is 0 Å². The summed E-state index contributed by atoms with van der Waals surface area (Å²) in [6.45, 7) is 4.65. The van der Waals surface area contributed by atoms with E-state index in [9.17, 15) is 22.8 Å². The molecule has 2 fully saturated rings. The largest absolute Gasteiger partial charge is 0.461 e. The van der Waals surface area contributed by atoms with Crippen molar-refractivity contribution in [2.75, 3.05) is 6.54 Å². The first kappa shape index (κ1) is 15.9. The lowest BCUT2D eigenvalue weighted by molar-refractivity contribution is -0.192. The summed E-state index contributed by atoms with van der Waals surface area (Å²) in [6.07, 6.45) is -3.87. The van der Waals surface area contributed by atoms with Gasteiger partial charge in [-0.15, -0.1) is 0 Å². The second kappa shape index (κ2) is 5.69. The first-order valence-corrected chi connectivity index (χ1v) is 6.88. The zero-order valence-corrected chi connectivity index (χ0v) is 11.7. The first-order chi connectivity index (χ1) is 9.68. The van der Waals surface area contributed by atoms with Crippen molar-refractivity contribution in [1.29, 1.82) is 0 Å². The summed E-state index contributed by atoms with van der Waals surface area (Å²) in [5.41, 5.74) is 0.274. The Bertz CT molecular complexity index is 461. The van der Waals surface area contributed by atoms with E-state index in [0.717, 1.165) is 0 Å². The van der Waals surface area contributed by atoms with E-state index in [4.69, 9.17) is 4.74 Å². The topological polar surface area (TPSA) is 55.4 Å². The fourth-order valence-corrected chi connectivity index (χ4v) is 3.28. The molecule has 2 saturated carbocycles. The molecule has 4 atom stereocenters. The highest BCUT2D eigenvalue weighted by Crippen LogP contribution is 2.54. The molecule has 0 spiro atoms. The number of nitrogens with one attached hydrogen (secondary N) is 1. The Morgan fingerprint density at radius 3 is 2.38 bits per heavy atom. The van der Waals surface area contributed by atoms with Crippen molar-refractivity contribution in [3.05, 3.63) is 12.2 Å². The minimum Gasteiger partial charge on any atom is -0.461 e. The van der Waals surface area contributed by atoms with Gasteiger partial charge in [-0.2, -0.15) is 13.2 Å². The Kier molecular flexibility index (Phi) is 4.30. The number of halogens is 3. The zero-order chi connectivity index (χ0) is 15.8. The SMILES string of the molecule is C=C(C)C(=O)NCC(=O)OC1CC2CC1CC2C(F)(F)F. The van der Waals surface area contributed by atoms with Crippen LogP contribution in [0.5, 0.6) is 0 Å². The average Bonchev–Trinajstić information content (AvgIpc) is 2.94. The van der Waals surface area contributed by atoms with Crippen molar-refractivity contribution in [1.82, 2.24) is 5.32 Å². The molecule has 7 heteroatoms. The fraction of sp³-hybridized carbons (Fsp3) is 0.714. The summed E-state index contributed by atoms with van der Waals surface area (Å²) < 4.78 is 43.4. The molecule has 1 N–H and O–H groups in total. The maximum absolute atomic E-state index is 12.7. The summed E-state index contributed by atoms with van der Waals surface area (Å²) in [4.78, 5) is 22.8. The number of carbonyl (C=O) groups excluding carboxylic acids is 2. The molecule has 4 unspecified atom stereocenters. The van der Waals surface area contributed by atoms with E-state index in [-0.39, 0.29) is 30.9 Å². The smallest absolute Gasteiger partial charge is 0.392 e. The number of esters is 1. The number of rotatable bonds is 4. The molecule has 0 aromatic carbocycles. The molecule has 1 amide bonds. The predicted molar refractivity (Wildman–Crippen MR) is 68.1 cm³/mol. The molecular formula is C14H18F3NO3. The molecule has 0 aromatic rings. The number of hydrogen-bond donors (Lipinski definition) is 1. The summed E-state index contributed by atoms with van der Waals surface area (Å²) in [5, 5.41) is 2.34. The molecule has 21 heavy (non-hydrogen) atoms. The third-order valence-corrected chi connectivity index (χ3v) is 4.28. The number of amides is 1. The van der Waals surface area contributed by atoms with E-state index in [2.05, 4.69) is 11.9 Å². The van der Waals surface area contributed by atoms with Gasteiger partial charge in [-0.1, -0.05) is 6.58 Å². The molecule has 0 radical (unpaired) electrons. The standard InChI is InChI=1S/C14H18F3NO3/c1-7(2)13(20)18-6-12(19)21-11-5-8-3-9(11)4-10(8)14(15,16)17/h8-11H,1,3-6H2,2H3,(H,18,20). The van der Waals surface area contributed by atoms with Crippen LogP contribution in [0.15, 0.2) is 12.2 Å². The van der Waals surface area contributed by atoms with Crippen molar-refractivity contribution < 1.29 is 27.5 Å². The van der Waals surface area contributed by atoms with Crippen LogP contribution in [-0.2, 0) is 14.3 Å². The third-order valence-electron chi connectivity index (χ3n) is 4.28. The fourth-order valence-electron chi connectivity index (χ4n) is 3.28. The highest BCUT2D eigenvalue weighted by Gasteiger charge is 2.56. The Morgan fingerprint density at radius 1 is 1.24 bits per heavy atom. The molecule has 2 aliphatic rings. The highest BCUT2D eigenvalue weighted by molar-refractivity contribution is 5.94. The second-order valence-corrected chi connectivity index (χ2v) is 5.87. The number of ether oxygens (including phenoxy) is 1. The summed E-state index contributed by atoms with van der Waals surface area (Å²) >= 11 is 0. The molecule has 0 saturated heterocycles. The lowest BCUT2D eigenvalue weighted by atomic mass is 9.87. The van der Waals surface area contributed by atoms with Gasteiger partial charge >= 0.3 is 12.1 Å². The van der Waals surface area contributed by atoms with Gasteiger partial charge in [0.15, 0.2) is 0 Å². The van der Waals surface area contributed by atoms with Crippen LogP contribution in [0.3, 0.4) is 0 Å². The summed E-state index contributed by atoms with van der Waals surface area (Å²) in [5.74, 6) is -3.00. The Morgan fingerprint density at radius 2 is 1.90 bits per heavy atom. The predicted octanol–water partition coefficient (Wildman–Crippen LogP) is 2.20. The molecule has 0 aliphatic heterocycles. The average molecular weight is 305 g/mol. The van der Waals surface area contributed by atoms with Gasteiger partial charge in [0, 0.05) is 5.57 Å². The van der Waals surface area contributed by atoms with E-state index in [1.165, 1.54) is 6.92 Å². The first-order valence-electron chi connectivity index (χ1n) is 6.88. The number of carbonyl (C=O) groups is 2. The molecule has 118 valence electrons. The highest BCUT2D eigenvalue weighted by atomic mass is 19.4. The number of fused-ring (bicyclic) bond motifs is 2. The molecule has 2 rings (SSSR count). The van der Waals surface area contributed by atoms with Gasteiger partial charge in [0.05, 0.1) is 5.92 Å². The van der Waals surface area contributed by atoms with Crippen molar-refractivity contribution in [2.45, 2.75) is 38.5 Å². The van der Waals surface area contributed by atoms with Crippen LogP contribution < -0.4 is 5.32 Å². The normalized spacial score (nSPS) is 31.0. The van der Waals surface area contributed by atoms with Crippen LogP contribution in [0.2, 0.25) is 0 Å². The van der Waals surface area contributed by atoms with Gasteiger partial charge in [-0.25, -0.2) is 0 Å². The molecule has 2 bridgehead atoms. The molecule has 0 heterocycles. The van der Waals surface area contributed by atoms with Gasteiger partial charge < -0.3 is 10.1 Å². The van der Waals surface area contributed by atoms with Crippen molar-refractivity contribution in [3.63, 3.8) is 0 Å². The van der Waals surface area contributed by atoms with Crippen molar-refractivity contribution in [3.8, 4) is 0 Å². The van der Waals surface area contributed by atoms with E-state index in [1.54, 1.807) is 0 Å². The zero-order valence-electron chi connectivity index (χ0n) is 11.7. The molecular weight excluding hydrogens is 287 g/mol. The Hall–Kier alpha value is -1.53. The van der Waals surface area contributed by atoms with Crippen LogP contribution in [0, 0.1) is 17.8 Å². The van der Waals surface area contributed by atoms with Crippen LogP contribution in [0.1, 0.15) is 26.2 Å². The van der Waals surface area contributed by atoms with E-state index >= 15 is 0 Å². The monoisotopic (exact) mass is 305 g/mol. The summed E-state index contributed by atoms with van der Waals surface area (Å²) in [6, 6.07) is 0. The van der Waals surface area contributed by atoms with Gasteiger partial charge in [-0.3, -0.25) is 9.59 Å². The second-order valence-electron chi connectivity index (χ2n) is 5.87. The molecule has 4 nitrogen and oxygen atoms in total. The Labute approximate surface area is 120 Å². The molecule has 0 aromatic heterocycles. The van der Waals surface area contributed by atoms with Gasteiger partial charge in [0.1, 0.15) is 12.6 Å². The van der Waals surface area contributed by atoms with E-state index < -0.39 is 36.0 Å². The van der Waals surface area contributed by atoms with E-state index in [0.29, 0.717) is 6.42 Å². The minimum absolute atomic E-state index is 0.0320.